The lowest BCUT2D eigenvalue weighted by atomic mass is 9.93. The first kappa shape index (κ1) is 13.9. The minimum Gasteiger partial charge on any atom is -0.394 e. The summed E-state index contributed by atoms with van der Waals surface area (Å²) in [5.74, 6) is -0.0147. The molecule has 0 saturated carbocycles. The Hall–Kier alpha value is -2.07. The molecule has 2 heterocycles. The Labute approximate surface area is 124 Å². The highest BCUT2D eigenvalue weighted by Crippen LogP contribution is 2.30. The zero-order valence-electron chi connectivity index (χ0n) is 12.4. The van der Waals surface area contributed by atoms with Crippen molar-refractivity contribution in [2.24, 2.45) is 7.05 Å². The van der Waals surface area contributed by atoms with Gasteiger partial charge in [-0.2, -0.15) is 0 Å². The van der Waals surface area contributed by atoms with Crippen LogP contribution < -0.4 is 0 Å². The predicted octanol–water partition coefficient (Wildman–Crippen LogP) is 2.07. The highest BCUT2D eigenvalue weighted by Gasteiger charge is 2.31. The Kier molecular flexibility index (Phi) is 3.55. The number of benzene rings is 1. The molecule has 0 fully saturated rings. The zero-order chi connectivity index (χ0) is 15.0. The van der Waals surface area contributed by atoms with E-state index in [1.807, 2.05) is 48.9 Å². The highest BCUT2D eigenvalue weighted by molar-refractivity contribution is 5.93. The topological polar surface area (TPSA) is 45.5 Å². The fraction of sp³-hybridized carbons (Fsp3) is 0.353. The van der Waals surface area contributed by atoms with Gasteiger partial charge in [-0.05, 0) is 36.6 Å². The smallest absolute Gasteiger partial charge is 0.271 e. The van der Waals surface area contributed by atoms with E-state index in [-0.39, 0.29) is 18.6 Å². The molecule has 1 aromatic carbocycles. The quantitative estimate of drug-likeness (QED) is 0.917. The summed E-state index contributed by atoms with van der Waals surface area (Å²) in [6.45, 7) is 2.57. The summed E-state index contributed by atoms with van der Waals surface area (Å²) in [5, 5.41) is 9.78. The minimum atomic E-state index is -0.252. The number of carbonyl (C=O) groups is 1. The van der Waals surface area contributed by atoms with Gasteiger partial charge in [-0.25, -0.2) is 0 Å². The molecule has 0 aliphatic carbocycles. The molecule has 1 aliphatic rings. The minimum absolute atomic E-state index is 0.0147. The highest BCUT2D eigenvalue weighted by atomic mass is 16.3. The number of aromatic nitrogens is 1. The number of aliphatic hydroxyl groups is 1. The lowest BCUT2D eigenvalue weighted by Gasteiger charge is -2.36. The monoisotopic (exact) mass is 284 g/mol. The van der Waals surface area contributed by atoms with Crippen LogP contribution in [0.25, 0.3) is 0 Å². The van der Waals surface area contributed by atoms with E-state index < -0.39 is 0 Å². The van der Waals surface area contributed by atoms with E-state index in [4.69, 9.17) is 0 Å². The van der Waals surface area contributed by atoms with E-state index >= 15 is 0 Å². The molecule has 1 amide bonds. The van der Waals surface area contributed by atoms with Crippen LogP contribution in [0.3, 0.4) is 0 Å². The molecule has 1 aromatic heterocycles. The Morgan fingerprint density at radius 2 is 2.05 bits per heavy atom. The maximum absolute atomic E-state index is 12.8. The Morgan fingerprint density at radius 3 is 2.71 bits per heavy atom. The van der Waals surface area contributed by atoms with Crippen LogP contribution in [0.5, 0.6) is 0 Å². The van der Waals surface area contributed by atoms with E-state index in [1.54, 1.807) is 4.90 Å². The van der Waals surface area contributed by atoms with Gasteiger partial charge in [0.15, 0.2) is 0 Å². The number of hydrogen-bond donors (Lipinski definition) is 1. The molecule has 0 spiro atoms. The lowest BCUT2D eigenvalue weighted by molar-refractivity contribution is 0.0559. The fourth-order valence-corrected chi connectivity index (χ4v) is 3.07. The number of fused-ring (bicyclic) bond motifs is 1. The molecule has 3 rings (SSSR count). The largest absolute Gasteiger partial charge is 0.394 e. The van der Waals surface area contributed by atoms with Crippen LogP contribution in [0.15, 0.2) is 36.4 Å². The predicted molar refractivity (Wildman–Crippen MR) is 81.2 cm³/mol. The van der Waals surface area contributed by atoms with Crippen LogP contribution >= 0.6 is 0 Å². The summed E-state index contributed by atoms with van der Waals surface area (Å²) in [4.78, 5) is 14.6. The number of carbonyl (C=O) groups excluding carboxylic acids is 1. The van der Waals surface area contributed by atoms with Crippen molar-refractivity contribution in [3.8, 4) is 0 Å². The van der Waals surface area contributed by atoms with Gasteiger partial charge in [-0.3, -0.25) is 4.79 Å². The number of rotatable bonds is 2. The second-order valence-electron chi connectivity index (χ2n) is 5.56. The summed E-state index contributed by atoms with van der Waals surface area (Å²) in [5.41, 5.74) is 4.01. The average molecular weight is 284 g/mol. The normalized spacial score (nSPS) is 17.7. The molecule has 21 heavy (non-hydrogen) atoms. The van der Waals surface area contributed by atoms with Gasteiger partial charge in [0.05, 0.1) is 12.6 Å². The fourth-order valence-electron chi connectivity index (χ4n) is 3.07. The molecule has 0 bridgehead atoms. The maximum atomic E-state index is 12.8. The van der Waals surface area contributed by atoms with Crippen molar-refractivity contribution in [3.63, 3.8) is 0 Å². The van der Waals surface area contributed by atoms with Crippen LogP contribution in [0, 0.1) is 6.92 Å². The van der Waals surface area contributed by atoms with Gasteiger partial charge in [0, 0.05) is 19.3 Å². The van der Waals surface area contributed by atoms with Crippen molar-refractivity contribution < 1.29 is 9.90 Å². The molecule has 1 aliphatic heterocycles. The molecule has 110 valence electrons. The number of aliphatic hydroxyl groups excluding tert-OH is 1. The molecule has 1 unspecified atom stereocenters. The lowest BCUT2D eigenvalue weighted by Crippen LogP contribution is -2.42. The van der Waals surface area contributed by atoms with Crippen molar-refractivity contribution in [2.75, 3.05) is 13.2 Å². The summed E-state index contributed by atoms with van der Waals surface area (Å²) >= 11 is 0. The van der Waals surface area contributed by atoms with Crippen molar-refractivity contribution in [1.82, 2.24) is 9.47 Å². The van der Waals surface area contributed by atoms with Gasteiger partial charge in [0.2, 0.25) is 0 Å². The van der Waals surface area contributed by atoms with Gasteiger partial charge >= 0.3 is 0 Å². The standard InChI is InChI=1S/C17H20N2O2/c1-12-7-8-15(18(12)2)17(21)19-10-9-13-5-3-4-6-14(13)16(19)11-20/h3-8,16,20H,9-11H2,1-2H3. The summed E-state index contributed by atoms with van der Waals surface area (Å²) in [6.07, 6.45) is 0.835. The van der Waals surface area contributed by atoms with Gasteiger partial charge in [-0.15, -0.1) is 0 Å². The second kappa shape index (κ2) is 5.37. The first-order chi connectivity index (χ1) is 10.1. The third-order valence-corrected chi connectivity index (χ3v) is 4.44. The number of aryl methyl sites for hydroxylation is 1. The molecule has 0 radical (unpaired) electrons. The Morgan fingerprint density at radius 1 is 1.29 bits per heavy atom. The van der Waals surface area contributed by atoms with Crippen LogP contribution in [-0.2, 0) is 13.5 Å². The number of amides is 1. The van der Waals surface area contributed by atoms with Gasteiger partial charge < -0.3 is 14.6 Å². The van der Waals surface area contributed by atoms with Crippen LogP contribution in [0.4, 0.5) is 0 Å². The summed E-state index contributed by atoms with van der Waals surface area (Å²) in [6, 6.07) is 11.6. The zero-order valence-corrected chi connectivity index (χ0v) is 12.4. The van der Waals surface area contributed by atoms with Gasteiger partial charge in [0.1, 0.15) is 5.69 Å². The second-order valence-corrected chi connectivity index (χ2v) is 5.56. The molecule has 2 aromatic rings. The molecule has 4 heteroatoms. The van der Waals surface area contributed by atoms with Crippen LogP contribution in [0.1, 0.15) is 33.4 Å². The molecule has 1 atom stereocenters. The van der Waals surface area contributed by atoms with E-state index in [9.17, 15) is 9.90 Å². The number of hydrogen-bond acceptors (Lipinski definition) is 2. The van der Waals surface area contributed by atoms with Crippen LogP contribution in [0.2, 0.25) is 0 Å². The van der Waals surface area contributed by atoms with Crippen molar-refractivity contribution >= 4 is 5.91 Å². The van der Waals surface area contributed by atoms with Crippen molar-refractivity contribution in [2.45, 2.75) is 19.4 Å². The third kappa shape index (κ3) is 2.25. The molecule has 4 nitrogen and oxygen atoms in total. The molecule has 0 saturated heterocycles. The van der Waals surface area contributed by atoms with E-state index in [2.05, 4.69) is 6.07 Å². The Bertz CT molecular complexity index is 675. The van der Waals surface area contributed by atoms with E-state index in [0.717, 1.165) is 17.7 Å². The molecule has 1 N–H and O–H groups in total. The van der Waals surface area contributed by atoms with Crippen molar-refractivity contribution in [3.05, 3.63) is 58.9 Å². The summed E-state index contributed by atoms with van der Waals surface area (Å²) in [7, 11) is 1.90. The average Bonchev–Trinajstić information content (AvgIpc) is 2.85. The first-order valence-electron chi connectivity index (χ1n) is 7.25. The summed E-state index contributed by atoms with van der Waals surface area (Å²) < 4.78 is 1.90. The van der Waals surface area contributed by atoms with E-state index in [1.165, 1.54) is 5.56 Å². The molecular formula is C17H20N2O2. The number of nitrogens with zero attached hydrogens (tertiary/aromatic N) is 2. The van der Waals surface area contributed by atoms with Gasteiger partial charge in [0.25, 0.3) is 5.91 Å². The maximum Gasteiger partial charge on any atom is 0.271 e. The third-order valence-electron chi connectivity index (χ3n) is 4.44. The van der Waals surface area contributed by atoms with E-state index in [0.29, 0.717) is 12.2 Å². The Balaban J connectivity index is 1.96. The first-order valence-corrected chi connectivity index (χ1v) is 7.25. The van der Waals surface area contributed by atoms with Crippen molar-refractivity contribution in [1.29, 1.82) is 0 Å². The van der Waals surface area contributed by atoms with Gasteiger partial charge in [-0.1, -0.05) is 24.3 Å². The SMILES string of the molecule is Cc1ccc(C(=O)N2CCc3ccccc3C2CO)n1C. The van der Waals surface area contributed by atoms with Crippen LogP contribution in [-0.4, -0.2) is 33.6 Å². The molecular weight excluding hydrogens is 264 g/mol.